The average molecular weight is 227 g/mol. The van der Waals surface area contributed by atoms with Crippen LogP contribution in [0.15, 0.2) is 42.6 Å². The first kappa shape index (κ1) is 11.5. The molecule has 0 spiro atoms. The molecule has 0 aliphatic carbocycles. The summed E-state index contributed by atoms with van der Waals surface area (Å²) < 4.78 is 0. The third kappa shape index (κ3) is 2.97. The summed E-state index contributed by atoms with van der Waals surface area (Å²) in [4.78, 5) is 4.21. The quantitative estimate of drug-likeness (QED) is 0.844. The molecule has 17 heavy (non-hydrogen) atoms. The molecule has 1 aromatic carbocycles. The zero-order valence-electron chi connectivity index (χ0n) is 9.98. The maximum absolute atomic E-state index is 5.59. The van der Waals surface area contributed by atoms with Crippen LogP contribution in [0.25, 0.3) is 0 Å². The highest BCUT2D eigenvalue weighted by Gasteiger charge is 1.99. The Morgan fingerprint density at radius 1 is 1.12 bits per heavy atom. The first-order valence-corrected chi connectivity index (χ1v) is 5.81. The molecule has 0 aliphatic rings. The molecule has 3 N–H and O–H groups in total. The van der Waals surface area contributed by atoms with Crippen molar-refractivity contribution in [2.75, 3.05) is 11.1 Å². The maximum Gasteiger partial charge on any atom is 0.126 e. The van der Waals surface area contributed by atoms with Gasteiger partial charge in [0.2, 0.25) is 0 Å². The van der Waals surface area contributed by atoms with Crippen molar-refractivity contribution >= 4 is 11.5 Å². The predicted octanol–water partition coefficient (Wildman–Crippen LogP) is 2.84. The molecule has 0 unspecified atom stereocenters. The Morgan fingerprint density at radius 3 is 2.53 bits per heavy atom. The number of aryl methyl sites for hydroxylation is 1. The van der Waals surface area contributed by atoms with Gasteiger partial charge in [-0.15, -0.1) is 0 Å². The van der Waals surface area contributed by atoms with Gasteiger partial charge in [-0.3, -0.25) is 0 Å². The normalized spacial score (nSPS) is 10.2. The number of hydrogen-bond acceptors (Lipinski definition) is 3. The van der Waals surface area contributed by atoms with Gasteiger partial charge in [-0.25, -0.2) is 4.98 Å². The zero-order chi connectivity index (χ0) is 12.1. The first-order valence-electron chi connectivity index (χ1n) is 5.81. The van der Waals surface area contributed by atoms with Crippen molar-refractivity contribution in [3.63, 3.8) is 0 Å². The molecule has 0 saturated heterocycles. The van der Waals surface area contributed by atoms with E-state index < -0.39 is 0 Å². The lowest BCUT2D eigenvalue weighted by atomic mass is 10.1. The van der Waals surface area contributed by atoms with E-state index in [9.17, 15) is 0 Å². The number of hydrogen-bond donors (Lipinski definition) is 2. The van der Waals surface area contributed by atoms with E-state index >= 15 is 0 Å². The number of aromatic nitrogens is 1. The third-order valence-electron chi connectivity index (χ3n) is 2.75. The number of nitrogens with zero attached hydrogens (tertiary/aromatic N) is 1. The Morgan fingerprint density at radius 2 is 1.88 bits per heavy atom. The van der Waals surface area contributed by atoms with E-state index in [2.05, 4.69) is 41.5 Å². The fourth-order valence-electron chi connectivity index (χ4n) is 1.77. The summed E-state index contributed by atoms with van der Waals surface area (Å²) in [5.41, 5.74) is 8.96. The molecule has 0 atom stereocenters. The Kier molecular flexibility index (Phi) is 3.60. The molecule has 2 aromatic rings. The molecule has 0 amide bonds. The van der Waals surface area contributed by atoms with E-state index in [1.54, 1.807) is 6.20 Å². The number of nitrogens with two attached hydrogens (primary N) is 1. The minimum absolute atomic E-state index is 0.685. The van der Waals surface area contributed by atoms with Crippen molar-refractivity contribution in [2.45, 2.75) is 19.9 Å². The Bertz CT molecular complexity index is 477. The van der Waals surface area contributed by atoms with Crippen LogP contribution in [0, 0.1) is 0 Å². The van der Waals surface area contributed by atoms with E-state index in [1.807, 2.05) is 12.1 Å². The highest BCUT2D eigenvalue weighted by molar-refractivity contribution is 5.44. The third-order valence-corrected chi connectivity index (χ3v) is 2.75. The fourth-order valence-corrected chi connectivity index (χ4v) is 1.77. The van der Waals surface area contributed by atoms with Crippen molar-refractivity contribution in [1.82, 2.24) is 4.98 Å². The minimum atomic E-state index is 0.685. The van der Waals surface area contributed by atoms with Crippen LogP contribution in [-0.2, 0) is 13.0 Å². The molecule has 3 nitrogen and oxygen atoms in total. The van der Waals surface area contributed by atoms with Gasteiger partial charge in [0.1, 0.15) is 5.82 Å². The molecule has 0 radical (unpaired) electrons. The molecule has 0 bridgehead atoms. The predicted molar refractivity (Wildman–Crippen MR) is 71.8 cm³/mol. The maximum atomic E-state index is 5.59. The topological polar surface area (TPSA) is 50.9 Å². The molecular formula is C14H17N3. The minimum Gasteiger partial charge on any atom is -0.397 e. The number of pyridine rings is 1. The average Bonchev–Trinajstić information content (AvgIpc) is 2.38. The second kappa shape index (κ2) is 5.34. The van der Waals surface area contributed by atoms with E-state index in [4.69, 9.17) is 5.73 Å². The molecule has 0 fully saturated rings. The van der Waals surface area contributed by atoms with Crippen LogP contribution < -0.4 is 11.1 Å². The highest BCUT2D eigenvalue weighted by atomic mass is 15.0. The van der Waals surface area contributed by atoms with Gasteiger partial charge in [0, 0.05) is 6.54 Å². The van der Waals surface area contributed by atoms with Gasteiger partial charge < -0.3 is 11.1 Å². The summed E-state index contributed by atoms with van der Waals surface area (Å²) >= 11 is 0. The molecular weight excluding hydrogens is 210 g/mol. The van der Waals surface area contributed by atoms with E-state index in [0.29, 0.717) is 5.69 Å². The Balaban J connectivity index is 2.04. The molecule has 1 heterocycles. The number of anilines is 2. The van der Waals surface area contributed by atoms with Crippen molar-refractivity contribution in [3.05, 3.63) is 53.7 Å². The number of benzene rings is 1. The fraction of sp³-hybridized carbons (Fsp3) is 0.214. The van der Waals surface area contributed by atoms with Gasteiger partial charge in [0.05, 0.1) is 11.9 Å². The molecule has 0 saturated carbocycles. The summed E-state index contributed by atoms with van der Waals surface area (Å²) in [7, 11) is 0. The lowest BCUT2D eigenvalue weighted by molar-refractivity contribution is 1.03. The first-order chi connectivity index (χ1) is 8.29. The summed E-state index contributed by atoms with van der Waals surface area (Å²) in [5, 5.41) is 3.30. The second-order valence-electron chi connectivity index (χ2n) is 3.95. The van der Waals surface area contributed by atoms with Crippen LogP contribution in [0.3, 0.4) is 0 Å². The van der Waals surface area contributed by atoms with Crippen LogP contribution >= 0.6 is 0 Å². The summed E-state index contributed by atoms with van der Waals surface area (Å²) in [6.45, 7) is 2.96. The van der Waals surface area contributed by atoms with Gasteiger partial charge in [-0.2, -0.15) is 0 Å². The smallest absolute Gasteiger partial charge is 0.126 e. The molecule has 88 valence electrons. The molecule has 2 rings (SSSR count). The number of nitrogen functional groups attached to an aromatic ring is 1. The van der Waals surface area contributed by atoms with Crippen LogP contribution in [0.1, 0.15) is 18.1 Å². The summed E-state index contributed by atoms with van der Waals surface area (Å²) in [6.07, 6.45) is 2.71. The number of rotatable bonds is 4. The van der Waals surface area contributed by atoms with Crippen LogP contribution in [0.2, 0.25) is 0 Å². The molecule has 3 heteroatoms. The van der Waals surface area contributed by atoms with Crippen molar-refractivity contribution in [1.29, 1.82) is 0 Å². The molecule has 0 aliphatic heterocycles. The Hall–Kier alpha value is -2.03. The molecule has 1 aromatic heterocycles. The van der Waals surface area contributed by atoms with Crippen LogP contribution in [0.5, 0.6) is 0 Å². The second-order valence-corrected chi connectivity index (χ2v) is 3.95. The number of nitrogens with one attached hydrogen (secondary N) is 1. The SMILES string of the molecule is CCc1ccccc1CNc1ccc(N)cn1. The van der Waals surface area contributed by atoms with E-state index in [-0.39, 0.29) is 0 Å². The largest absolute Gasteiger partial charge is 0.397 e. The lowest BCUT2D eigenvalue weighted by Gasteiger charge is -2.09. The van der Waals surface area contributed by atoms with E-state index in [0.717, 1.165) is 18.8 Å². The zero-order valence-corrected chi connectivity index (χ0v) is 9.98. The summed E-state index contributed by atoms with van der Waals surface area (Å²) in [5.74, 6) is 0.852. The lowest BCUT2D eigenvalue weighted by Crippen LogP contribution is -2.03. The Labute approximate surface area is 102 Å². The van der Waals surface area contributed by atoms with Gasteiger partial charge in [-0.05, 0) is 29.7 Å². The summed E-state index contributed by atoms with van der Waals surface area (Å²) in [6, 6.07) is 12.2. The standard InChI is InChI=1S/C14H17N3/c1-2-11-5-3-4-6-12(11)9-16-14-8-7-13(15)10-17-14/h3-8,10H,2,9,15H2,1H3,(H,16,17). The van der Waals surface area contributed by atoms with Crippen molar-refractivity contribution in [2.24, 2.45) is 0 Å². The van der Waals surface area contributed by atoms with Gasteiger partial charge >= 0.3 is 0 Å². The van der Waals surface area contributed by atoms with Crippen molar-refractivity contribution < 1.29 is 0 Å². The van der Waals surface area contributed by atoms with Crippen molar-refractivity contribution in [3.8, 4) is 0 Å². The highest BCUT2D eigenvalue weighted by Crippen LogP contribution is 2.12. The van der Waals surface area contributed by atoms with Crippen LogP contribution in [-0.4, -0.2) is 4.98 Å². The van der Waals surface area contributed by atoms with Crippen LogP contribution in [0.4, 0.5) is 11.5 Å². The van der Waals surface area contributed by atoms with E-state index in [1.165, 1.54) is 11.1 Å². The monoisotopic (exact) mass is 227 g/mol. The van der Waals surface area contributed by atoms with Gasteiger partial charge in [-0.1, -0.05) is 31.2 Å². The van der Waals surface area contributed by atoms with Gasteiger partial charge in [0.15, 0.2) is 0 Å². The van der Waals surface area contributed by atoms with Gasteiger partial charge in [0.25, 0.3) is 0 Å².